The monoisotopic (exact) mass is 1060 g/mol. The van der Waals surface area contributed by atoms with Gasteiger partial charge in [0.25, 0.3) is 0 Å². The van der Waals surface area contributed by atoms with Gasteiger partial charge in [0.2, 0.25) is 0 Å². The second kappa shape index (κ2) is 61.6. The van der Waals surface area contributed by atoms with Gasteiger partial charge in [-0.3, -0.25) is 14.4 Å². The molecule has 6 nitrogen and oxygen atoms in total. The molecule has 0 aromatic rings. The van der Waals surface area contributed by atoms with E-state index in [0.29, 0.717) is 19.3 Å². The summed E-state index contributed by atoms with van der Waals surface area (Å²) in [6.45, 7) is 11.5. The van der Waals surface area contributed by atoms with Gasteiger partial charge >= 0.3 is 17.9 Å². The fraction of sp³-hybridized carbons (Fsp3) is 0.957. The number of hydrogen-bond donors (Lipinski definition) is 0. The zero-order chi connectivity index (χ0) is 54.6. The van der Waals surface area contributed by atoms with Crippen LogP contribution in [0.2, 0.25) is 0 Å². The van der Waals surface area contributed by atoms with Crippen molar-refractivity contribution in [3.8, 4) is 0 Å². The predicted molar refractivity (Wildman–Crippen MR) is 326 cm³/mol. The Balaban J connectivity index is 4.26. The molecule has 0 amide bonds. The Morgan fingerprint density at radius 2 is 0.440 bits per heavy atom. The normalized spacial score (nSPS) is 12.0. The molecule has 0 aliphatic rings. The summed E-state index contributed by atoms with van der Waals surface area (Å²) in [5.41, 5.74) is 0. The second-order valence-electron chi connectivity index (χ2n) is 24.8. The minimum atomic E-state index is -0.764. The van der Waals surface area contributed by atoms with Crippen LogP contribution in [-0.2, 0) is 28.6 Å². The van der Waals surface area contributed by atoms with Crippen LogP contribution >= 0.6 is 0 Å². The van der Waals surface area contributed by atoms with Crippen molar-refractivity contribution in [1.29, 1.82) is 0 Å². The molecule has 0 aromatic carbocycles. The molecule has 446 valence electrons. The Morgan fingerprint density at radius 1 is 0.253 bits per heavy atom. The topological polar surface area (TPSA) is 78.9 Å². The third-order valence-electron chi connectivity index (χ3n) is 16.0. The highest BCUT2D eigenvalue weighted by Crippen LogP contribution is 2.20. The molecule has 6 heteroatoms. The van der Waals surface area contributed by atoms with Gasteiger partial charge in [0.1, 0.15) is 13.2 Å². The van der Waals surface area contributed by atoms with Gasteiger partial charge in [-0.1, -0.05) is 356 Å². The fourth-order valence-corrected chi connectivity index (χ4v) is 10.8. The van der Waals surface area contributed by atoms with E-state index in [1.165, 1.54) is 283 Å². The lowest BCUT2D eigenvalue weighted by Crippen LogP contribution is -2.30. The van der Waals surface area contributed by atoms with Crippen molar-refractivity contribution in [1.82, 2.24) is 0 Å². The molecule has 0 spiro atoms. The number of rotatable bonds is 63. The zero-order valence-electron chi connectivity index (χ0n) is 51.7. The molecule has 0 fully saturated rings. The van der Waals surface area contributed by atoms with Crippen molar-refractivity contribution in [2.24, 2.45) is 11.8 Å². The Kier molecular flexibility index (Phi) is 60.3. The number of hydrogen-bond acceptors (Lipinski definition) is 6. The Bertz CT molecular complexity index is 1150. The summed E-state index contributed by atoms with van der Waals surface area (Å²) < 4.78 is 17.0. The van der Waals surface area contributed by atoms with Crippen molar-refractivity contribution in [3.63, 3.8) is 0 Å². The quantitative estimate of drug-likeness (QED) is 0.0343. The van der Waals surface area contributed by atoms with Crippen molar-refractivity contribution in [2.75, 3.05) is 13.2 Å². The van der Waals surface area contributed by atoms with Crippen LogP contribution in [0, 0.1) is 11.8 Å². The van der Waals surface area contributed by atoms with Crippen LogP contribution in [-0.4, -0.2) is 37.2 Å². The van der Waals surface area contributed by atoms with Gasteiger partial charge in [-0.25, -0.2) is 0 Å². The highest BCUT2D eigenvalue weighted by molar-refractivity contribution is 5.71. The summed E-state index contributed by atoms with van der Waals surface area (Å²) in [4.78, 5) is 38.4. The third-order valence-corrected chi connectivity index (χ3v) is 16.0. The SMILES string of the molecule is CCCCCCCCCCCCCCCCCC(=O)OC[C@H](COC(=O)CCCCCCCCCCCCCCCCCCCCC(C)C)OC(=O)CCCCCCCCCCCCCCCCCCCCC(C)C. The maximum absolute atomic E-state index is 12.9. The van der Waals surface area contributed by atoms with Crippen LogP contribution in [0.1, 0.15) is 394 Å². The van der Waals surface area contributed by atoms with Crippen molar-refractivity contribution < 1.29 is 28.6 Å². The summed E-state index contributed by atoms with van der Waals surface area (Å²) in [5, 5.41) is 0. The van der Waals surface area contributed by atoms with E-state index in [4.69, 9.17) is 14.2 Å². The van der Waals surface area contributed by atoms with Gasteiger partial charge in [-0.05, 0) is 31.1 Å². The molecule has 0 aliphatic carbocycles. The van der Waals surface area contributed by atoms with Crippen LogP contribution in [0.25, 0.3) is 0 Å². The van der Waals surface area contributed by atoms with Crippen molar-refractivity contribution >= 4 is 17.9 Å². The van der Waals surface area contributed by atoms with Crippen LogP contribution in [0.3, 0.4) is 0 Å². The first-order chi connectivity index (χ1) is 36.7. The summed E-state index contributed by atoms with van der Waals surface area (Å²) >= 11 is 0. The van der Waals surface area contributed by atoms with Gasteiger partial charge in [-0.2, -0.15) is 0 Å². The van der Waals surface area contributed by atoms with E-state index in [1.54, 1.807) is 0 Å². The zero-order valence-corrected chi connectivity index (χ0v) is 51.7. The Morgan fingerprint density at radius 3 is 0.653 bits per heavy atom. The molecule has 75 heavy (non-hydrogen) atoms. The molecule has 0 N–H and O–H groups in total. The first-order valence-corrected chi connectivity index (χ1v) is 34.2. The molecular weight excluding hydrogens is 925 g/mol. The summed E-state index contributed by atoms with van der Waals surface area (Å²) in [7, 11) is 0. The smallest absolute Gasteiger partial charge is 0.306 e. The van der Waals surface area contributed by atoms with E-state index >= 15 is 0 Å². The summed E-state index contributed by atoms with van der Waals surface area (Å²) in [5.74, 6) is 0.892. The number of ether oxygens (including phenoxy) is 3. The fourth-order valence-electron chi connectivity index (χ4n) is 10.8. The molecule has 0 aromatic heterocycles. The number of carbonyl (C=O) groups excluding carboxylic acids is 3. The third kappa shape index (κ3) is 63.1. The molecule has 0 bridgehead atoms. The van der Waals surface area contributed by atoms with Crippen LogP contribution in [0.5, 0.6) is 0 Å². The van der Waals surface area contributed by atoms with E-state index in [2.05, 4.69) is 34.6 Å². The number of unbranched alkanes of at least 4 members (excludes halogenated alkanes) is 48. The highest BCUT2D eigenvalue weighted by Gasteiger charge is 2.20. The maximum Gasteiger partial charge on any atom is 0.306 e. The lowest BCUT2D eigenvalue weighted by molar-refractivity contribution is -0.167. The van der Waals surface area contributed by atoms with Crippen molar-refractivity contribution in [2.45, 2.75) is 400 Å². The lowest BCUT2D eigenvalue weighted by atomic mass is 10.0. The average Bonchev–Trinajstić information content (AvgIpc) is 3.39. The summed E-state index contributed by atoms with van der Waals surface area (Å²) in [6, 6.07) is 0. The van der Waals surface area contributed by atoms with E-state index in [9.17, 15) is 14.4 Å². The standard InChI is InChI=1S/C69H134O6/c1-6-7-8-9-10-11-12-13-22-29-34-39-44-49-54-59-67(70)73-62-66(75-69(72)61-56-51-46-41-36-31-26-21-17-15-19-24-28-33-38-43-48-53-58-65(4)5)63-74-68(71)60-55-50-45-40-35-30-25-20-16-14-18-23-27-32-37-42-47-52-57-64(2)3/h64-66H,6-63H2,1-5H3/t66-/m1/s1. The summed E-state index contributed by atoms with van der Waals surface area (Å²) in [6.07, 6.45) is 69.7. The van der Waals surface area contributed by atoms with Crippen molar-refractivity contribution in [3.05, 3.63) is 0 Å². The first kappa shape index (κ1) is 73.4. The minimum Gasteiger partial charge on any atom is -0.462 e. The number of esters is 3. The van der Waals surface area contributed by atoms with Gasteiger partial charge in [0.05, 0.1) is 0 Å². The molecule has 0 heterocycles. The molecule has 0 saturated carbocycles. The molecule has 1 atom stereocenters. The molecular formula is C69H134O6. The maximum atomic E-state index is 12.9. The van der Waals surface area contributed by atoms with E-state index in [1.807, 2.05) is 0 Å². The Hall–Kier alpha value is -1.59. The largest absolute Gasteiger partial charge is 0.462 e. The lowest BCUT2D eigenvalue weighted by Gasteiger charge is -2.18. The molecule has 0 aliphatic heterocycles. The Labute approximate surface area is 469 Å². The molecule has 0 rings (SSSR count). The van der Waals surface area contributed by atoms with E-state index < -0.39 is 6.10 Å². The second-order valence-corrected chi connectivity index (χ2v) is 24.8. The van der Waals surface area contributed by atoms with E-state index in [-0.39, 0.29) is 31.1 Å². The molecule has 0 saturated heterocycles. The van der Waals surface area contributed by atoms with Gasteiger partial charge < -0.3 is 14.2 Å². The van der Waals surface area contributed by atoms with Crippen LogP contribution in [0.15, 0.2) is 0 Å². The first-order valence-electron chi connectivity index (χ1n) is 34.2. The van der Waals surface area contributed by atoms with Gasteiger partial charge in [0.15, 0.2) is 6.10 Å². The van der Waals surface area contributed by atoms with Gasteiger partial charge in [0, 0.05) is 19.3 Å². The van der Waals surface area contributed by atoms with Gasteiger partial charge in [-0.15, -0.1) is 0 Å². The van der Waals surface area contributed by atoms with Crippen LogP contribution in [0.4, 0.5) is 0 Å². The molecule has 0 unspecified atom stereocenters. The molecule has 0 radical (unpaired) electrons. The van der Waals surface area contributed by atoms with E-state index in [0.717, 1.165) is 69.6 Å². The highest BCUT2D eigenvalue weighted by atomic mass is 16.6. The minimum absolute atomic E-state index is 0.0612. The average molecular weight is 1060 g/mol. The predicted octanol–water partition coefficient (Wildman–Crippen LogP) is 23.2. The number of carbonyl (C=O) groups is 3. The van der Waals surface area contributed by atoms with Crippen LogP contribution < -0.4 is 0 Å².